The Morgan fingerprint density at radius 2 is 2.25 bits per heavy atom. The average molecular weight is 340 g/mol. The quantitative estimate of drug-likeness (QED) is 0.840. The molecule has 0 bridgehead atoms. The van der Waals surface area contributed by atoms with Crippen LogP contribution in [0.4, 0.5) is 0 Å². The van der Waals surface area contributed by atoms with Gasteiger partial charge < -0.3 is 0 Å². The molecule has 2 aromatic heterocycles. The molecule has 2 heterocycles. The first-order valence-electron chi connectivity index (χ1n) is 4.22. The lowest BCUT2D eigenvalue weighted by Crippen LogP contribution is -2.23. The third-order valence-electron chi connectivity index (χ3n) is 1.93. The summed E-state index contributed by atoms with van der Waals surface area (Å²) in [6, 6.07) is 1.92. The van der Waals surface area contributed by atoms with Gasteiger partial charge in [0, 0.05) is 9.35 Å². The Kier molecular flexibility index (Phi) is 3.69. The topological polar surface area (TPSA) is 34.9 Å². The van der Waals surface area contributed by atoms with Crippen molar-refractivity contribution >= 4 is 50.5 Å². The van der Waals surface area contributed by atoms with E-state index in [9.17, 15) is 4.79 Å². The number of hydrogen-bond donors (Lipinski definition) is 0. The fraction of sp³-hybridized carbons (Fsp3) is 0.111. The number of aromatic nitrogens is 2. The summed E-state index contributed by atoms with van der Waals surface area (Å²) >= 11 is 16.4. The van der Waals surface area contributed by atoms with E-state index in [-0.39, 0.29) is 15.6 Å². The van der Waals surface area contributed by atoms with E-state index in [1.54, 1.807) is 11.3 Å². The predicted molar refractivity (Wildman–Crippen MR) is 69.6 cm³/mol. The van der Waals surface area contributed by atoms with Crippen LogP contribution in [0.2, 0.25) is 10.0 Å². The van der Waals surface area contributed by atoms with Crippen molar-refractivity contribution in [2.45, 2.75) is 6.54 Å². The van der Waals surface area contributed by atoms with Gasteiger partial charge in [-0.3, -0.25) is 4.79 Å². The highest BCUT2D eigenvalue weighted by atomic mass is 79.9. The zero-order chi connectivity index (χ0) is 11.7. The highest BCUT2D eigenvalue weighted by molar-refractivity contribution is 9.10. The van der Waals surface area contributed by atoms with E-state index in [4.69, 9.17) is 23.2 Å². The largest absolute Gasteiger partial charge is 0.287 e. The van der Waals surface area contributed by atoms with E-state index in [0.29, 0.717) is 6.54 Å². The first-order valence-corrected chi connectivity index (χ1v) is 6.65. The minimum absolute atomic E-state index is 0.00402. The van der Waals surface area contributed by atoms with Gasteiger partial charge in [0.15, 0.2) is 0 Å². The number of rotatable bonds is 2. The van der Waals surface area contributed by atoms with Gasteiger partial charge in [0.05, 0.1) is 17.8 Å². The predicted octanol–water partition coefficient (Wildman–Crippen LogP) is 3.42. The average Bonchev–Trinajstić information content (AvgIpc) is 2.65. The third kappa shape index (κ3) is 2.32. The minimum atomic E-state index is -0.380. The molecule has 0 aliphatic carbocycles. The van der Waals surface area contributed by atoms with Gasteiger partial charge in [0.1, 0.15) is 5.02 Å². The number of hydrogen-bond acceptors (Lipinski definition) is 3. The minimum Gasteiger partial charge on any atom is -0.266 e. The standard InChI is InChI=1S/C9H5BrCl2N2OS/c10-5-1-2-16-7(5)4-14-9(15)8(12)6(11)3-13-14/h1-3H,4H2. The molecule has 0 radical (unpaired) electrons. The molecule has 0 aliphatic rings. The summed E-state index contributed by atoms with van der Waals surface area (Å²) in [5.74, 6) is 0. The zero-order valence-electron chi connectivity index (χ0n) is 7.78. The van der Waals surface area contributed by atoms with E-state index in [0.717, 1.165) is 9.35 Å². The summed E-state index contributed by atoms with van der Waals surface area (Å²) in [4.78, 5) is 12.7. The zero-order valence-corrected chi connectivity index (χ0v) is 11.7. The summed E-state index contributed by atoms with van der Waals surface area (Å²) in [5.41, 5.74) is -0.380. The van der Waals surface area contributed by atoms with Crippen LogP contribution in [-0.2, 0) is 6.54 Å². The molecule has 0 saturated heterocycles. The Morgan fingerprint density at radius 3 is 2.88 bits per heavy atom. The molecule has 2 rings (SSSR count). The molecular formula is C9H5BrCl2N2OS. The van der Waals surface area contributed by atoms with E-state index in [1.807, 2.05) is 11.4 Å². The second-order valence-electron chi connectivity index (χ2n) is 2.96. The maximum Gasteiger partial charge on any atom is 0.287 e. The first kappa shape index (κ1) is 12.1. The molecule has 0 spiro atoms. The first-order chi connectivity index (χ1) is 7.59. The van der Waals surface area contributed by atoms with Crippen LogP contribution < -0.4 is 5.56 Å². The van der Waals surface area contributed by atoms with Gasteiger partial charge in [0.25, 0.3) is 5.56 Å². The molecule has 0 unspecified atom stereocenters. The maximum absolute atomic E-state index is 11.7. The summed E-state index contributed by atoms with van der Waals surface area (Å²) in [5, 5.41) is 6.04. The van der Waals surface area contributed by atoms with Gasteiger partial charge in [0.2, 0.25) is 0 Å². The summed E-state index contributed by atoms with van der Waals surface area (Å²) in [6.07, 6.45) is 1.37. The maximum atomic E-state index is 11.7. The van der Waals surface area contributed by atoms with E-state index in [2.05, 4.69) is 21.0 Å². The lowest BCUT2D eigenvalue weighted by molar-refractivity contribution is 0.644. The second kappa shape index (κ2) is 4.87. The van der Waals surface area contributed by atoms with Crippen LogP contribution in [-0.4, -0.2) is 9.78 Å². The normalized spacial score (nSPS) is 10.7. The molecule has 84 valence electrons. The fourth-order valence-electron chi connectivity index (χ4n) is 1.13. The van der Waals surface area contributed by atoms with Crippen LogP contribution >= 0.6 is 50.5 Å². The fourth-order valence-corrected chi connectivity index (χ4v) is 2.86. The highest BCUT2D eigenvalue weighted by Crippen LogP contribution is 2.23. The van der Waals surface area contributed by atoms with Gasteiger partial charge >= 0.3 is 0 Å². The molecule has 0 amide bonds. The van der Waals surface area contributed by atoms with Crippen LogP contribution in [0.15, 0.2) is 26.9 Å². The number of nitrogens with zero attached hydrogens (tertiary/aromatic N) is 2. The summed E-state index contributed by atoms with van der Waals surface area (Å²) in [7, 11) is 0. The Bertz CT molecular complexity index is 581. The van der Waals surface area contributed by atoms with E-state index in [1.165, 1.54) is 10.9 Å². The molecule has 0 atom stereocenters. The molecule has 0 saturated carbocycles. The van der Waals surface area contributed by atoms with E-state index >= 15 is 0 Å². The molecule has 0 N–H and O–H groups in total. The summed E-state index contributed by atoms with van der Waals surface area (Å²) < 4.78 is 2.24. The van der Waals surface area contributed by atoms with E-state index < -0.39 is 0 Å². The van der Waals surface area contributed by atoms with Crippen molar-refractivity contribution < 1.29 is 0 Å². The molecule has 0 aliphatic heterocycles. The Labute approximate surface area is 114 Å². The molecule has 3 nitrogen and oxygen atoms in total. The lowest BCUT2D eigenvalue weighted by Gasteiger charge is -2.04. The molecule has 7 heteroatoms. The number of halogens is 3. The van der Waals surface area contributed by atoms with Gasteiger partial charge in [-0.2, -0.15) is 5.10 Å². The molecular weight excluding hydrogens is 335 g/mol. The van der Waals surface area contributed by atoms with Crippen molar-refractivity contribution in [2.75, 3.05) is 0 Å². The van der Waals surface area contributed by atoms with Gasteiger partial charge in [-0.05, 0) is 27.4 Å². The van der Waals surface area contributed by atoms with Crippen molar-refractivity contribution in [1.29, 1.82) is 0 Å². The SMILES string of the molecule is O=c1c(Cl)c(Cl)cnn1Cc1sccc1Br. The Balaban J connectivity index is 2.40. The van der Waals surface area contributed by atoms with Gasteiger partial charge in [-0.25, -0.2) is 4.68 Å². The van der Waals surface area contributed by atoms with Crippen LogP contribution in [0.3, 0.4) is 0 Å². The monoisotopic (exact) mass is 338 g/mol. The van der Waals surface area contributed by atoms with Crippen LogP contribution in [0.1, 0.15) is 4.88 Å². The third-order valence-corrected chi connectivity index (χ3v) is 4.59. The molecule has 0 aromatic carbocycles. The van der Waals surface area contributed by atoms with Crippen molar-refractivity contribution in [3.8, 4) is 0 Å². The highest BCUT2D eigenvalue weighted by Gasteiger charge is 2.09. The molecule has 0 fully saturated rings. The van der Waals surface area contributed by atoms with Crippen molar-refractivity contribution in [3.63, 3.8) is 0 Å². The van der Waals surface area contributed by atoms with Crippen LogP contribution in [0.5, 0.6) is 0 Å². The van der Waals surface area contributed by atoms with Crippen molar-refractivity contribution in [1.82, 2.24) is 9.78 Å². The summed E-state index contributed by atoms with van der Waals surface area (Å²) in [6.45, 7) is 0.383. The number of thiophene rings is 1. The second-order valence-corrected chi connectivity index (χ2v) is 5.60. The molecule has 16 heavy (non-hydrogen) atoms. The van der Waals surface area contributed by atoms with Gasteiger partial charge in [-0.1, -0.05) is 23.2 Å². The van der Waals surface area contributed by atoms with Crippen molar-refractivity contribution in [3.05, 3.63) is 47.4 Å². The lowest BCUT2D eigenvalue weighted by atomic mass is 10.4. The Morgan fingerprint density at radius 1 is 1.50 bits per heavy atom. The smallest absolute Gasteiger partial charge is 0.266 e. The van der Waals surface area contributed by atoms with Crippen LogP contribution in [0, 0.1) is 0 Å². The Hall–Kier alpha value is -0.360. The van der Waals surface area contributed by atoms with Crippen LogP contribution in [0.25, 0.3) is 0 Å². The van der Waals surface area contributed by atoms with Gasteiger partial charge in [-0.15, -0.1) is 11.3 Å². The van der Waals surface area contributed by atoms with Crippen molar-refractivity contribution in [2.24, 2.45) is 0 Å². The molecule has 2 aromatic rings.